The van der Waals surface area contributed by atoms with Crippen LogP contribution in [0.1, 0.15) is 78.3 Å². The summed E-state index contributed by atoms with van der Waals surface area (Å²) < 4.78 is 7.47. The van der Waals surface area contributed by atoms with Crippen molar-refractivity contribution in [2.45, 2.75) is 65.6 Å². The van der Waals surface area contributed by atoms with E-state index in [9.17, 15) is 24.8 Å². The van der Waals surface area contributed by atoms with Crippen LogP contribution in [-0.2, 0) is 24.2 Å². The maximum absolute atomic E-state index is 12.3. The topological polar surface area (TPSA) is 137 Å². The summed E-state index contributed by atoms with van der Waals surface area (Å²) in [4.78, 5) is 39.2. The number of carbonyl (C=O) groups excluding carboxylic acids is 1. The van der Waals surface area contributed by atoms with Crippen LogP contribution in [0.4, 0.5) is 11.4 Å². The van der Waals surface area contributed by atoms with Crippen LogP contribution in [0.2, 0.25) is 0 Å². The molecule has 0 aliphatic carbocycles. The number of hydrogen-bond acceptors (Lipinski definition) is 7. The van der Waals surface area contributed by atoms with Gasteiger partial charge in [0.15, 0.2) is 0 Å². The number of aromatic nitrogens is 2. The fraction of sp³-hybridized carbons (Fsp3) is 0.370. The smallest absolute Gasteiger partial charge is 0.338 e. The number of carboxylic acid groups (broad SMARTS) is 1. The van der Waals surface area contributed by atoms with Crippen LogP contribution in [0.15, 0.2) is 48.7 Å². The van der Waals surface area contributed by atoms with Gasteiger partial charge in [-0.05, 0) is 51.0 Å². The minimum atomic E-state index is -1.18. The molecular formula is C27H32N4O6. The highest BCUT2D eigenvalue weighted by molar-refractivity contribution is 5.94. The number of unbranched alkanes of at least 4 members (excludes halogenated alkanes) is 1. The number of carbonyl (C=O) groups is 2. The average Bonchev–Trinajstić information content (AvgIpc) is 3.21. The lowest BCUT2D eigenvalue weighted by atomic mass is 10.1. The number of rotatable bonds is 11. The van der Waals surface area contributed by atoms with Crippen LogP contribution in [0.3, 0.4) is 0 Å². The number of hydrogen-bond donors (Lipinski definition) is 2. The summed E-state index contributed by atoms with van der Waals surface area (Å²) in [5, 5.41) is 23.7. The number of benzene rings is 2. The molecule has 0 aliphatic heterocycles. The Kier molecular flexibility index (Phi) is 8.65. The first-order valence-electron chi connectivity index (χ1n) is 12.1. The summed E-state index contributed by atoms with van der Waals surface area (Å²) in [5.41, 5.74) is 1.53. The molecule has 1 heterocycles. The van der Waals surface area contributed by atoms with E-state index >= 15 is 0 Å². The molecule has 37 heavy (non-hydrogen) atoms. The molecule has 0 radical (unpaired) electrons. The van der Waals surface area contributed by atoms with Gasteiger partial charge in [0.2, 0.25) is 0 Å². The number of esters is 1. The fourth-order valence-corrected chi connectivity index (χ4v) is 3.75. The monoisotopic (exact) mass is 508 g/mol. The van der Waals surface area contributed by atoms with Gasteiger partial charge in [-0.2, -0.15) is 0 Å². The van der Waals surface area contributed by atoms with E-state index in [0.717, 1.165) is 36.3 Å². The highest BCUT2D eigenvalue weighted by atomic mass is 16.6. The van der Waals surface area contributed by atoms with Crippen LogP contribution in [0.25, 0.3) is 0 Å². The van der Waals surface area contributed by atoms with E-state index in [1.165, 1.54) is 18.2 Å². The van der Waals surface area contributed by atoms with Gasteiger partial charge in [0.05, 0.1) is 40.2 Å². The lowest BCUT2D eigenvalue weighted by molar-refractivity contribution is -0.384. The molecule has 196 valence electrons. The van der Waals surface area contributed by atoms with E-state index in [1.54, 1.807) is 18.3 Å². The molecule has 2 aromatic carbocycles. The van der Waals surface area contributed by atoms with E-state index in [2.05, 4.69) is 17.2 Å². The van der Waals surface area contributed by atoms with E-state index < -0.39 is 16.5 Å². The molecule has 0 aliphatic rings. The van der Waals surface area contributed by atoms with E-state index in [1.807, 2.05) is 37.5 Å². The molecule has 0 spiro atoms. The molecule has 3 aromatic rings. The molecule has 3 rings (SSSR count). The summed E-state index contributed by atoms with van der Waals surface area (Å²) in [6, 6.07) is 10.8. The standard InChI is InChI=1S/C27H32N4O6/c1-5-6-7-24-29-16-21(15-28-23-14-20(31(35)36)12-13-22(23)25(32)33)30(24)17-18-8-10-19(11-9-18)26(34)37-27(2,3)4/h8-14,16,28H,5-7,15,17H2,1-4H3,(H,32,33). The summed E-state index contributed by atoms with van der Waals surface area (Å²) in [6.07, 6.45) is 4.45. The molecule has 0 saturated carbocycles. The summed E-state index contributed by atoms with van der Waals surface area (Å²) in [7, 11) is 0. The van der Waals surface area contributed by atoms with Crippen LogP contribution in [0.5, 0.6) is 0 Å². The second kappa shape index (κ2) is 11.7. The Hall–Kier alpha value is -4.21. The average molecular weight is 509 g/mol. The molecule has 10 heteroatoms. The minimum absolute atomic E-state index is 0.0550. The van der Waals surface area contributed by atoms with Gasteiger partial charge in [-0.1, -0.05) is 25.5 Å². The molecule has 0 atom stereocenters. The number of aromatic carboxylic acids is 1. The van der Waals surface area contributed by atoms with Gasteiger partial charge in [0.1, 0.15) is 11.4 Å². The first kappa shape index (κ1) is 27.4. The molecule has 2 N–H and O–H groups in total. The maximum Gasteiger partial charge on any atom is 0.338 e. The van der Waals surface area contributed by atoms with Crippen molar-refractivity contribution in [1.29, 1.82) is 0 Å². The number of nitrogens with one attached hydrogen (secondary N) is 1. The van der Waals surface area contributed by atoms with Gasteiger partial charge in [-0.25, -0.2) is 14.6 Å². The Morgan fingerprint density at radius 1 is 1.16 bits per heavy atom. The quantitative estimate of drug-likeness (QED) is 0.198. The lowest BCUT2D eigenvalue weighted by Crippen LogP contribution is -2.23. The molecule has 0 fully saturated rings. The van der Waals surface area contributed by atoms with Crippen molar-refractivity contribution in [3.63, 3.8) is 0 Å². The number of nitro groups is 1. The first-order chi connectivity index (χ1) is 17.5. The second-order valence-corrected chi connectivity index (χ2v) is 9.70. The number of nitrogens with zero attached hydrogens (tertiary/aromatic N) is 3. The van der Waals surface area contributed by atoms with Crippen LogP contribution < -0.4 is 5.32 Å². The number of nitro benzene ring substituents is 1. The largest absolute Gasteiger partial charge is 0.478 e. The second-order valence-electron chi connectivity index (χ2n) is 9.70. The molecule has 0 amide bonds. The highest BCUT2D eigenvalue weighted by Gasteiger charge is 2.19. The summed E-state index contributed by atoms with van der Waals surface area (Å²) >= 11 is 0. The molecule has 0 bridgehead atoms. The molecule has 10 nitrogen and oxygen atoms in total. The van der Waals surface area contributed by atoms with E-state index in [-0.39, 0.29) is 29.5 Å². The van der Waals surface area contributed by atoms with Crippen LogP contribution in [0, 0.1) is 10.1 Å². The van der Waals surface area contributed by atoms with Gasteiger partial charge in [0, 0.05) is 25.1 Å². The fourth-order valence-electron chi connectivity index (χ4n) is 3.75. The van der Waals surface area contributed by atoms with Crippen molar-refractivity contribution in [3.05, 3.63) is 87.0 Å². The van der Waals surface area contributed by atoms with Crippen molar-refractivity contribution in [1.82, 2.24) is 9.55 Å². The lowest BCUT2D eigenvalue weighted by Gasteiger charge is -2.19. The molecule has 1 aromatic heterocycles. The zero-order chi connectivity index (χ0) is 27.2. The van der Waals surface area contributed by atoms with Crippen molar-refractivity contribution in [2.24, 2.45) is 0 Å². The number of carboxylic acids is 1. The van der Waals surface area contributed by atoms with Crippen molar-refractivity contribution in [3.8, 4) is 0 Å². The Balaban J connectivity index is 1.84. The molecular weight excluding hydrogens is 476 g/mol. The third kappa shape index (κ3) is 7.39. The van der Waals surface area contributed by atoms with E-state index in [0.29, 0.717) is 12.1 Å². The Labute approximate surface area is 215 Å². The van der Waals surface area contributed by atoms with Crippen LogP contribution >= 0.6 is 0 Å². The molecule has 0 unspecified atom stereocenters. The minimum Gasteiger partial charge on any atom is -0.478 e. The van der Waals surface area contributed by atoms with Crippen molar-refractivity contribution in [2.75, 3.05) is 5.32 Å². The Bertz CT molecular complexity index is 1280. The van der Waals surface area contributed by atoms with Gasteiger partial charge < -0.3 is 19.7 Å². The number of aryl methyl sites for hydroxylation is 1. The summed E-state index contributed by atoms with van der Waals surface area (Å²) in [6.45, 7) is 8.26. The van der Waals surface area contributed by atoms with Crippen molar-refractivity contribution < 1.29 is 24.4 Å². The van der Waals surface area contributed by atoms with Crippen molar-refractivity contribution >= 4 is 23.3 Å². The first-order valence-corrected chi connectivity index (χ1v) is 12.1. The number of non-ortho nitro benzene ring substituents is 1. The van der Waals surface area contributed by atoms with E-state index in [4.69, 9.17) is 4.74 Å². The zero-order valence-corrected chi connectivity index (χ0v) is 21.5. The number of ether oxygens (including phenoxy) is 1. The Morgan fingerprint density at radius 2 is 1.86 bits per heavy atom. The SMILES string of the molecule is CCCCc1ncc(CNc2cc([N+](=O)[O-])ccc2C(=O)O)n1Cc1ccc(C(=O)OC(C)(C)C)cc1. The third-order valence-electron chi connectivity index (χ3n) is 5.61. The van der Waals surface area contributed by atoms with Crippen LogP contribution in [-0.4, -0.2) is 37.1 Å². The van der Waals surface area contributed by atoms with Gasteiger partial charge >= 0.3 is 11.9 Å². The summed E-state index contributed by atoms with van der Waals surface area (Å²) in [5.74, 6) is -0.687. The molecule has 0 saturated heterocycles. The zero-order valence-electron chi connectivity index (χ0n) is 21.5. The predicted octanol–water partition coefficient (Wildman–Crippen LogP) is 5.45. The highest BCUT2D eigenvalue weighted by Crippen LogP contribution is 2.24. The maximum atomic E-state index is 12.3. The number of anilines is 1. The number of imidazole rings is 1. The van der Waals surface area contributed by atoms with Gasteiger partial charge in [0.25, 0.3) is 5.69 Å². The Morgan fingerprint density at radius 3 is 2.46 bits per heavy atom. The normalized spacial score (nSPS) is 11.2. The van der Waals surface area contributed by atoms with Gasteiger partial charge in [-0.3, -0.25) is 10.1 Å². The third-order valence-corrected chi connectivity index (χ3v) is 5.61. The predicted molar refractivity (Wildman–Crippen MR) is 139 cm³/mol. The van der Waals surface area contributed by atoms with Gasteiger partial charge in [-0.15, -0.1) is 0 Å².